The Kier molecular flexibility index (Phi) is 24.1. The normalized spacial score (nSPS) is 18.8. The first-order chi connectivity index (χ1) is 48.4. The molecule has 0 bridgehead atoms. The van der Waals surface area contributed by atoms with Crippen LogP contribution >= 0.6 is 11.3 Å². The maximum absolute atomic E-state index is 14.3. The van der Waals surface area contributed by atoms with Gasteiger partial charge in [0.15, 0.2) is 0 Å². The minimum absolute atomic E-state index is 0.0257. The lowest BCUT2D eigenvalue weighted by atomic mass is 9.72. The zero-order chi connectivity index (χ0) is 71.6. The van der Waals surface area contributed by atoms with Gasteiger partial charge in [0, 0.05) is 114 Å². The van der Waals surface area contributed by atoms with Crippen LogP contribution in [0.4, 0.5) is 41.2 Å². The number of unbranched alkanes of at least 4 members (excludes halogenated alkanes) is 2. The molecule has 0 unspecified atom stereocenters. The summed E-state index contributed by atoms with van der Waals surface area (Å²) >= 11 is 1.52. The van der Waals surface area contributed by atoms with Crippen molar-refractivity contribution in [3.05, 3.63) is 182 Å². The van der Waals surface area contributed by atoms with Crippen molar-refractivity contribution in [1.29, 1.82) is 0 Å². The molecular weight excluding hydrogens is 1330 g/mol. The summed E-state index contributed by atoms with van der Waals surface area (Å²) in [6.07, 6.45) is -1.72. The fraction of sp³-hybridized carbons (Fsp3) is 0.494. The summed E-state index contributed by atoms with van der Waals surface area (Å²) in [5.74, 6) is -1.04. The molecule has 5 aliphatic rings. The summed E-state index contributed by atoms with van der Waals surface area (Å²) < 4.78 is 110. The van der Waals surface area contributed by atoms with E-state index < -0.39 is 64.6 Å². The van der Waals surface area contributed by atoms with Crippen molar-refractivity contribution in [2.45, 2.75) is 126 Å². The molecule has 542 valence electrons. The second-order valence-electron chi connectivity index (χ2n) is 28.1. The van der Waals surface area contributed by atoms with E-state index in [9.17, 15) is 59.8 Å². The van der Waals surface area contributed by atoms with E-state index in [0.29, 0.717) is 118 Å². The molecule has 3 saturated heterocycles. The molecular formula is C77H91F7N8O8S. The summed E-state index contributed by atoms with van der Waals surface area (Å²) in [5.41, 5.74) is -0.299. The van der Waals surface area contributed by atoms with Gasteiger partial charge in [-0.25, -0.2) is 9.18 Å². The molecule has 6 aromatic rings. The first kappa shape index (κ1) is 74.4. The number of carboxylic acid groups (broad SMARTS) is 1. The van der Waals surface area contributed by atoms with Gasteiger partial charge in [0.05, 0.1) is 34.3 Å². The number of fused-ring (bicyclic) bond motifs is 2. The Labute approximate surface area is 590 Å². The molecule has 24 heteroatoms. The Morgan fingerprint density at radius 1 is 0.673 bits per heavy atom. The van der Waals surface area contributed by atoms with Crippen LogP contribution in [-0.2, 0) is 55.4 Å². The number of anilines is 1. The lowest BCUT2D eigenvalue weighted by molar-refractivity contribution is -0.143. The van der Waals surface area contributed by atoms with E-state index in [1.807, 2.05) is 90.8 Å². The van der Waals surface area contributed by atoms with E-state index in [1.165, 1.54) is 54.0 Å². The topological polar surface area (TPSA) is 150 Å². The Morgan fingerprint density at radius 2 is 1.33 bits per heavy atom. The molecule has 1 spiro atoms. The van der Waals surface area contributed by atoms with Crippen LogP contribution in [0.15, 0.2) is 133 Å². The molecule has 3 aliphatic heterocycles. The number of piperidine rings is 2. The van der Waals surface area contributed by atoms with Gasteiger partial charge in [0.2, 0.25) is 11.8 Å². The van der Waals surface area contributed by atoms with Gasteiger partial charge in [-0.3, -0.25) is 29.0 Å². The van der Waals surface area contributed by atoms with Gasteiger partial charge in [0.1, 0.15) is 24.8 Å². The highest BCUT2D eigenvalue weighted by atomic mass is 32.1. The SMILES string of the molecule is CN(CCN1CCC(N(C(=O)O)c2ccccc2-c2ccccc2)CC1)C(=O)CCCCCN(Cc1ccc(C(=O)N(C)CCCN(C)C(=O)CO[C@H]2Cc3ccccc3C23CCN(CC[C@]2(c4ccc(F)cc4)CN(C(=O)c4cc(C(F)(F)F)cc(C(F)(F)F)c4)CO2)CC3)s1)CC1CC1. The highest BCUT2D eigenvalue weighted by molar-refractivity contribution is 7.14. The highest BCUT2D eigenvalue weighted by Gasteiger charge is 2.51. The quantitative estimate of drug-likeness (QED) is 0.0353. The van der Waals surface area contributed by atoms with Gasteiger partial charge in [-0.2, -0.15) is 26.3 Å². The molecule has 2 aliphatic carbocycles. The van der Waals surface area contributed by atoms with Crippen LogP contribution in [0.1, 0.15) is 130 Å². The number of halogens is 7. The van der Waals surface area contributed by atoms with Crippen molar-refractivity contribution in [3.63, 3.8) is 0 Å². The lowest BCUT2D eigenvalue weighted by Gasteiger charge is -2.44. The molecule has 101 heavy (non-hydrogen) atoms. The van der Waals surface area contributed by atoms with Crippen LogP contribution in [0.3, 0.4) is 0 Å². The number of benzene rings is 5. The first-order valence-electron chi connectivity index (χ1n) is 35.2. The number of likely N-dealkylation sites (tertiary alicyclic amines) is 2. The van der Waals surface area contributed by atoms with Gasteiger partial charge >= 0.3 is 18.4 Å². The fourth-order valence-electron chi connectivity index (χ4n) is 15.0. The largest absolute Gasteiger partial charge is 0.465 e. The zero-order valence-electron chi connectivity index (χ0n) is 57.7. The van der Waals surface area contributed by atoms with Crippen molar-refractivity contribution < 1.29 is 69.3 Å². The van der Waals surface area contributed by atoms with Crippen LogP contribution in [0.2, 0.25) is 0 Å². The molecule has 1 N–H and O–H groups in total. The smallest absolute Gasteiger partial charge is 0.416 e. The molecule has 2 atom stereocenters. The number of ether oxygens (including phenoxy) is 2. The van der Waals surface area contributed by atoms with E-state index in [4.69, 9.17) is 9.47 Å². The van der Waals surface area contributed by atoms with Crippen molar-refractivity contribution in [3.8, 4) is 11.1 Å². The number of amides is 5. The second kappa shape index (κ2) is 32.7. The third kappa shape index (κ3) is 18.6. The van der Waals surface area contributed by atoms with Gasteiger partial charge in [-0.1, -0.05) is 91.3 Å². The average molecular weight is 1420 g/mol. The summed E-state index contributed by atoms with van der Waals surface area (Å²) in [4.78, 5) is 83.9. The number of hydrogen-bond donors (Lipinski definition) is 1. The molecule has 1 saturated carbocycles. The molecule has 4 heterocycles. The van der Waals surface area contributed by atoms with E-state index in [-0.39, 0.29) is 55.5 Å². The maximum atomic E-state index is 14.3. The molecule has 5 aromatic carbocycles. The van der Waals surface area contributed by atoms with Crippen LogP contribution in [-0.4, -0.2) is 194 Å². The molecule has 16 nitrogen and oxygen atoms in total. The standard InChI is InChI=1S/C77H91F7N8O8S/c1-85(70(94)51-99-68-47-56-17-9-11-19-65(56)74(68)32-40-89(41-33-74)42-34-75(58-24-26-61(78)27-25-58)52-91(53-100-75)71(95)57-45-59(76(79,80)81)48-60(46-57)77(82,83)84)35-14-36-87(3)72(96)67-29-28-63(101-67)50-90(49-54-22-23-54)37-13-5-8-21-69(93)86(2)43-44-88-38-30-62(31-39-88)92(73(97)98)66-20-12-10-18-64(66)55-15-6-4-7-16-55/h4,6-7,9-12,15-20,24-29,45-46,48,54,62,68H,5,8,13-14,21-23,30-44,47,49-53H2,1-3H3,(H,97,98)/t68-,75+/m0/s1. The fourth-order valence-corrected chi connectivity index (χ4v) is 16.1. The second-order valence-corrected chi connectivity index (χ2v) is 29.2. The van der Waals surface area contributed by atoms with Crippen LogP contribution in [0.25, 0.3) is 11.1 Å². The average Bonchev–Trinajstić information content (AvgIpc) is 1.60. The Bertz CT molecular complexity index is 3790. The molecule has 1 aromatic heterocycles. The Balaban J connectivity index is 0.592. The third-order valence-electron chi connectivity index (χ3n) is 21.1. The van der Waals surface area contributed by atoms with Crippen molar-refractivity contribution in [2.75, 3.05) is 118 Å². The van der Waals surface area contributed by atoms with E-state index >= 15 is 0 Å². The summed E-state index contributed by atoms with van der Waals surface area (Å²) in [6, 6.07) is 35.8. The minimum Gasteiger partial charge on any atom is -0.465 e. The summed E-state index contributed by atoms with van der Waals surface area (Å²) in [6.45, 7) is 7.23. The van der Waals surface area contributed by atoms with Crippen LogP contribution in [0.5, 0.6) is 0 Å². The van der Waals surface area contributed by atoms with Gasteiger partial charge in [-0.15, -0.1) is 11.3 Å². The molecule has 4 fully saturated rings. The Morgan fingerprint density at radius 3 is 2.02 bits per heavy atom. The maximum Gasteiger partial charge on any atom is 0.416 e. The van der Waals surface area contributed by atoms with Gasteiger partial charge < -0.3 is 44.0 Å². The lowest BCUT2D eigenvalue weighted by Crippen LogP contribution is -2.50. The monoisotopic (exact) mass is 1420 g/mol. The van der Waals surface area contributed by atoms with Crippen molar-refractivity contribution in [2.24, 2.45) is 5.92 Å². The number of alkyl halides is 6. The van der Waals surface area contributed by atoms with E-state index in [0.717, 1.165) is 85.0 Å². The number of nitrogens with zero attached hydrogens (tertiary/aromatic N) is 8. The predicted molar refractivity (Wildman–Crippen MR) is 373 cm³/mol. The van der Waals surface area contributed by atoms with E-state index in [2.05, 4.69) is 26.8 Å². The first-order valence-corrected chi connectivity index (χ1v) is 36.0. The third-order valence-corrected chi connectivity index (χ3v) is 22.2. The number of rotatable bonds is 29. The summed E-state index contributed by atoms with van der Waals surface area (Å²) in [5, 5.41) is 10.4. The minimum atomic E-state index is -5.15. The van der Waals surface area contributed by atoms with Crippen molar-refractivity contribution >= 4 is 46.7 Å². The van der Waals surface area contributed by atoms with Crippen LogP contribution < -0.4 is 4.90 Å². The number of para-hydroxylation sites is 1. The molecule has 11 rings (SSSR count). The zero-order valence-corrected chi connectivity index (χ0v) is 58.5. The van der Waals surface area contributed by atoms with Gasteiger partial charge in [-0.05, 0) is 167 Å². The molecule has 0 radical (unpaired) electrons. The number of thiophene rings is 1. The number of carbonyl (C=O) groups excluding carboxylic acids is 4. The predicted octanol–water partition coefficient (Wildman–Crippen LogP) is 13.8. The van der Waals surface area contributed by atoms with Crippen molar-refractivity contribution in [1.82, 2.24) is 34.3 Å². The summed E-state index contributed by atoms with van der Waals surface area (Å²) in [7, 11) is 5.39. The number of carbonyl (C=O) groups is 5. The van der Waals surface area contributed by atoms with Gasteiger partial charge in [0.25, 0.3) is 11.8 Å². The highest BCUT2D eigenvalue weighted by Crippen LogP contribution is 2.49. The molecule has 5 amide bonds. The number of likely N-dealkylation sites (N-methyl/N-ethyl adjacent to an activating group) is 2. The van der Waals surface area contributed by atoms with Crippen LogP contribution in [0, 0.1) is 11.7 Å². The number of hydrogen-bond acceptors (Lipinski definition) is 11. The van der Waals surface area contributed by atoms with E-state index in [1.54, 1.807) is 28.8 Å². The Hall–Kier alpha value is -7.74.